The Balaban J connectivity index is 2.05. The average Bonchev–Trinajstić information content (AvgIpc) is 2.54. The van der Waals surface area contributed by atoms with E-state index in [2.05, 4.69) is 14.7 Å². The molecule has 0 spiro atoms. The van der Waals surface area contributed by atoms with Gasteiger partial charge in [0.15, 0.2) is 0 Å². The predicted octanol–water partition coefficient (Wildman–Crippen LogP) is 1.72. The van der Waals surface area contributed by atoms with E-state index in [-0.39, 0.29) is 16.9 Å². The van der Waals surface area contributed by atoms with Crippen LogP contribution in [-0.2, 0) is 16.9 Å². The quantitative estimate of drug-likeness (QED) is 0.819. The fourth-order valence-electron chi connectivity index (χ4n) is 2.34. The minimum Gasteiger partial charge on any atom is -0.507 e. The number of methoxy groups -OCH3 is 1. The van der Waals surface area contributed by atoms with Crippen molar-refractivity contribution in [3.8, 4) is 17.1 Å². The van der Waals surface area contributed by atoms with Crippen molar-refractivity contribution < 1.29 is 14.6 Å². The molecular weight excluding hydrogens is 304 g/mol. The largest absolute Gasteiger partial charge is 0.507 e. The van der Waals surface area contributed by atoms with Crippen LogP contribution in [0.4, 0.5) is 0 Å². The molecule has 1 aromatic heterocycles. The Labute approximate surface area is 130 Å². The van der Waals surface area contributed by atoms with Crippen molar-refractivity contribution >= 4 is 17.7 Å². The van der Waals surface area contributed by atoms with Gasteiger partial charge in [0.25, 0.3) is 5.56 Å². The minimum absolute atomic E-state index is 0.0722. The summed E-state index contributed by atoms with van der Waals surface area (Å²) in [5.74, 6) is 1.18. The zero-order valence-electron chi connectivity index (χ0n) is 11.9. The summed E-state index contributed by atoms with van der Waals surface area (Å²) in [5.41, 5.74) is 1.99. The summed E-state index contributed by atoms with van der Waals surface area (Å²) < 4.78 is 4.58. The topological polar surface area (TPSA) is 92.3 Å². The molecule has 22 heavy (non-hydrogen) atoms. The van der Waals surface area contributed by atoms with E-state index in [1.54, 1.807) is 17.8 Å². The van der Waals surface area contributed by atoms with Crippen LogP contribution in [-0.4, -0.2) is 33.9 Å². The number of thioether (sulfide) groups is 1. The van der Waals surface area contributed by atoms with Crippen molar-refractivity contribution in [1.82, 2.24) is 9.97 Å². The number of aryl methyl sites for hydroxylation is 1. The molecule has 2 N–H and O–H groups in total. The fourth-order valence-corrected chi connectivity index (χ4v) is 3.33. The van der Waals surface area contributed by atoms with Gasteiger partial charge in [0.2, 0.25) is 0 Å². The highest BCUT2D eigenvalue weighted by Gasteiger charge is 2.18. The summed E-state index contributed by atoms with van der Waals surface area (Å²) in [5, 5.41) is 9.94. The Morgan fingerprint density at radius 2 is 2.27 bits per heavy atom. The average molecular weight is 318 g/mol. The first-order valence-corrected chi connectivity index (χ1v) is 7.87. The zero-order chi connectivity index (χ0) is 15.7. The van der Waals surface area contributed by atoms with Crippen molar-refractivity contribution in [3.05, 3.63) is 45.4 Å². The van der Waals surface area contributed by atoms with Gasteiger partial charge in [0.05, 0.1) is 12.8 Å². The number of hydrogen-bond donors (Lipinski definition) is 2. The first-order chi connectivity index (χ1) is 10.6. The van der Waals surface area contributed by atoms with Crippen molar-refractivity contribution in [1.29, 1.82) is 0 Å². The number of fused-ring (bicyclic) bond motifs is 1. The molecule has 0 radical (unpaired) electrons. The van der Waals surface area contributed by atoms with Gasteiger partial charge in [-0.1, -0.05) is 6.07 Å². The number of rotatable bonds is 2. The minimum atomic E-state index is -0.618. The second-order valence-corrected chi connectivity index (χ2v) is 5.97. The van der Waals surface area contributed by atoms with Crippen molar-refractivity contribution in [3.63, 3.8) is 0 Å². The zero-order valence-corrected chi connectivity index (χ0v) is 12.7. The number of aromatic nitrogens is 2. The molecule has 1 aliphatic rings. The SMILES string of the molecule is COC(=O)c1ccc(-c2nc3c(c(=O)[nH]2)CSCC3)cc1O. The maximum Gasteiger partial charge on any atom is 0.341 e. The van der Waals surface area contributed by atoms with Crippen molar-refractivity contribution in [2.24, 2.45) is 0 Å². The van der Waals surface area contributed by atoms with Gasteiger partial charge in [-0.05, 0) is 24.3 Å². The summed E-state index contributed by atoms with van der Waals surface area (Å²) in [4.78, 5) is 30.8. The summed E-state index contributed by atoms with van der Waals surface area (Å²) in [6.07, 6.45) is 0.753. The Bertz CT molecular complexity index is 801. The van der Waals surface area contributed by atoms with Gasteiger partial charge >= 0.3 is 5.97 Å². The summed E-state index contributed by atoms with van der Waals surface area (Å²) in [7, 11) is 1.25. The van der Waals surface area contributed by atoms with E-state index in [0.717, 1.165) is 23.4 Å². The summed E-state index contributed by atoms with van der Waals surface area (Å²) in [6, 6.07) is 4.47. The van der Waals surface area contributed by atoms with Crippen LogP contribution in [0.3, 0.4) is 0 Å². The molecule has 0 atom stereocenters. The van der Waals surface area contributed by atoms with Crippen LogP contribution in [0.25, 0.3) is 11.4 Å². The van der Waals surface area contributed by atoms with E-state index in [1.807, 2.05) is 0 Å². The van der Waals surface area contributed by atoms with Gasteiger partial charge < -0.3 is 14.8 Å². The molecule has 1 aromatic carbocycles. The number of phenolic OH excluding ortho intramolecular Hbond substituents is 1. The van der Waals surface area contributed by atoms with Gasteiger partial charge in [-0.25, -0.2) is 9.78 Å². The number of ether oxygens (including phenoxy) is 1. The van der Waals surface area contributed by atoms with Gasteiger partial charge in [-0.3, -0.25) is 4.79 Å². The van der Waals surface area contributed by atoms with E-state index in [0.29, 0.717) is 17.1 Å². The molecule has 2 aromatic rings. The molecule has 0 amide bonds. The number of hydrogen-bond acceptors (Lipinski definition) is 6. The summed E-state index contributed by atoms with van der Waals surface area (Å²) in [6.45, 7) is 0. The monoisotopic (exact) mass is 318 g/mol. The van der Waals surface area contributed by atoms with Crippen LogP contribution in [0.5, 0.6) is 5.75 Å². The molecule has 3 rings (SSSR count). The molecule has 7 heteroatoms. The van der Waals surface area contributed by atoms with Crippen molar-refractivity contribution in [2.75, 3.05) is 12.9 Å². The molecule has 0 saturated heterocycles. The Kier molecular flexibility index (Phi) is 3.89. The maximum atomic E-state index is 12.1. The highest BCUT2D eigenvalue weighted by Crippen LogP contribution is 2.26. The van der Waals surface area contributed by atoms with Gasteiger partial charge in [0, 0.05) is 16.9 Å². The number of benzene rings is 1. The molecule has 0 aliphatic carbocycles. The lowest BCUT2D eigenvalue weighted by atomic mass is 10.1. The normalized spacial score (nSPS) is 13.5. The molecule has 1 aliphatic heterocycles. The number of esters is 1. The Hall–Kier alpha value is -2.28. The first-order valence-electron chi connectivity index (χ1n) is 6.71. The van der Waals surface area contributed by atoms with E-state index in [9.17, 15) is 14.7 Å². The maximum absolute atomic E-state index is 12.1. The Morgan fingerprint density at radius 1 is 1.45 bits per heavy atom. The molecule has 2 heterocycles. The molecule has 0 saturated carbocycles. The number of carbonyl (C=O) groups is 1. The lowest BCUT2D eigenvalue weighted by Crippen LogP contribution is -2.21. The van der Waals surface area contributed by atoms with E-state index < -0.39 is 5.97 Å². The number of H-pyrrole nitrogens is 1. The fraction of sp³-hybridized carbons (Fsp3) is 0.267. The van der Waals surface area contributed by atoms with E-state index >= 15 is 0 Å². The predicted molar refractivity (Wildman–Crippen MR) is 83.2 cm³/mol. The number of nitrogens with zero attached hydrogens (tertiary/aromatic N) is 1. The lowest BCUT2D eigenvalue weighted by Gasteiger charge is -2.14. The molecule has 6 nitrogen and oxygen atoms in total. The number of nitrogens with one attached hydrogen (secondary N) is 1. The smallest absolute Gasteiger partial charge is 0.341 e. The van der Waals surface area contributed by atoms with Crippen LogP contribution in [0, 0.1) is 0 Å². The van der Waals surface area contributed by atoms with E-state index in [1.165, 1.54) is 19.2 Å². The van der Waals surface area contributed by atoms with Crippen molar-refractivity contribution in [2.45, 2.75) is 12.2 Å². The van der Waals surface area contributed by atoms with Gasteiger partial charge in [-0.2, -0.15) is 11.8 Å². The number of phenols is 1. The number of aromatic amines is 1. The molecule has 0 fully saturated rings. The van der Waals surface area contributed by atoms with Crippen LogP contribution >= 0.6 is 11.8 Å². The third-order valence-electron chi connectivity index (χ3n) is 3.51. The molecular formula is C15H14N2O4S. The van der Waals surface area contributed by atoms with Gasteiger partial charge in [-0.15, -0.1) is 0 Å². The van der Waals surface area contributed by atoms with Crippen LogP contribution in [0.2, 0.25) is 0 Å². The van der Waals surface area contributed by atoms with Crippen LogP contribution in [0.1, 0.15) is 21.6 Å². The third kappa shape index (κ3) is 2.59. The first kappa shape index (κ1) is 14.6. The highest BCUT2D eigenvalue weighted by molar-refractivity contribution is 7.98. The lowest BCUT2D eigenvalue weighted by molar-refractivity contribution is 0.0597. The standard InChI is InChI=1S/C15H14N2O4S/c1-21-15(20)9-3-2-8(6-12(9)18)13-16-11-4-5-22-7-10(11)14(19)17-13/h2-3,6,18H,4-5,7H2,1H3,(H,16,17,19). The van der Waals surface area contributed by atoms with Crippen LogP contribution < -0.4 is 5.56 Å². The summed E-state index contributed by atoms with van der Waals surface area (Å²) >= 11 is 1.71. The third-order valence-corrected chi connectivity index (χ3v) is 4.49. The Morgan fingerprint density at radius 3 is 3.00 bits per heavy atom. The van der Waals surface area contributed by atoms with Crippen LogP contribution in [0.15, 0.2) is 23.0 Å². The second-order valence-electron chi connectivity index (χ2n) is 4.87. The van der Waals surface area contributed by atoms with Gasteiger partial charge in [0.1, 0.15) is 17.1 Å². The molecule has 0 bridgehead atoms. The second kappa shape index (κ2) is 5.84. The number of aromatic hydroxyl groups is 1. The number of carbonyl (C=O) groups excluding carboxylic acids is 1. The van der Waals surface area contributed by atoms with E-state index in [4.69, 9.17) is 0 Å². The molecule has 114 valence electrons. The highest BCUT2D eigenvalue weighted by atomic mass is 32.2. The molecule has 0 unspecified atom stereocenters.